The Hall–Kier alpha value is -0.790. The molecule has 0 aliphatic carbocycles. The van der Waals surface area contributed by atoms with Crippen LogP contribution in [0.1, 0.15) is 6.92 Å². The number of sulfone groups is 1. The van der Waals surface area contributed by atoms with Crippen molar-refractivity contribution >= 4 is 31.6 Å². The quantitative estimate of drug-likeness (QED) is 0.619. The highest BCUT2D eigenvalue weighted by atomic mass is 35.5. The Labute approximate surface area is 105 Å². The standard InChI is InChI=1S/C9H11ClO5S2/c1-9(10,16(2,11)12)17(13,14)15-8-6-4-3-5-7-8/h3-7H,1-2H3. The molecule has 1 unspecified atom stereocenters. The van der Waals surface area contributed by atoms with Gasteiger partial charge in [0.2, 0.25) is 0 Å². The van der Waals surface area contributed by atoms with E-state index in [1.165, 1.54) is 12.1 Å². The molecule has 0 amide bonds. The number of hydrogen-bond acceptors (Lipinski definition) is 5. The van der Waals surface area contributed by atoms with Crippen LogP contribution in [0.25, 0.3) is 0 Å². The van der Waals surface area contributed by atoms with Crippen molar-refractivity contribution in [2.24, 2.45) is 0 Å². The maximum atomic E-state index is 11.7. The molecule has 96 valence electrons. The molecular weight excluding hydrogens is 288 g/mol. The largest absolute Gasteiger partial charge is 0.380 e. The van der Waals surface area contributed by atoms with Crippen molar-refractivity contribution in [3.63, 3.8) is 0 Å². The Bertz CT molecular complexity index is 590. The summed E-state index contributed by atoms with van der Waals surface area (Å²) in [6, 6.07) is 7.53. The molecule has 0 saturated carbocycles. The van der Waals surface area contributed by atoms with Gasteiger partial charge in [-0.15, -0.1) is 0 Å². The van der Waals surface area contributed by atoms with Gasteiger partial charge in [0, 0.05) is 6.26 Å². The molecule has 0 aliphatic rings. The molecule has 1 rings (SSSR count). The van der Waals surface area contributed by atoms with Crippen LogP contribution in [0.5, 0.6) is 5.75 Å². The second-order valence-electron chi connectivity index (χ2n) is 3.46. The second-order valence-corrected chi connectivity index (χ2v) is 9.17. The molecule has 0 N–H and O–H groups in total. The fourth-order valence-electron chi connectivity index (χ4n) is 0.863. The van der Waals surface area contributed by atoms with Crippen molar-refractivity contribution in [3.8, 4) is 5.75 Å². The fraction of sp³-hybridized carbons (Fsp3) is 0.333. The van der Waals surface area contributed by atoms with Crippen LogP contribution in [-0.2, 0) is 20.0 Å². The first kappa shape index (κ1) is 14.3. The van der Waals surface area contributed by atoms with E-state index in [9.17, 15) is 16.8 Å². The van der Waals surface area contributed by atoms with Gasteiger partial charge in [0.15, 0.2) is 9.84 Å². The smallest absolute Gasteiger partial charge is 0.343 e. The van der Waals surface area contributed by atoms with Crippen LogP contribution in [0.4, 0.5) is 0 Å². The van der Waals surface area contributed by atoms with E-state index in [0.717, 1.165) is 13.2 Å². The van der Waals surface area contributed by atoms with Gasteiger partial charge in [-0.2, -0.15) is 8.42 Å². The summed E-state index contributed by atoms with van der Waals surface area (Å²) < 4.78 is 48.2. The summed E-state index contributed by atoms with van der Waals surface area (Å²) in [6.07, 6.45) is 0.728. The third kappa shape index (κ3) is 2.91. The first-order valence-corrected chi connectivity index (χ1v) is 8.13. The minimum Gasteiger partial charge on any atom is -0.380 e. The van der Waals surface area contributed by atoms with Gasteiger partial charge in [-0.1, -0.05) is 29.8 Å². The molecule has 17 heavy (non-hydrogen) atoms. The lowest BCUT2D eigenvalue weighted by atomic mass is 10.3. The maximum absolute atomic E-state index is 11.7. The monoisotopic (exact) mass is 298 g/mol. The Balaban J connectivity index is 3.15. The molecule has 1 aromatic rings. The van der Waals surface area contributed by atoms with Crippen molar-refractivity contribution in [2.75, 3.05) is 6.26 Å². The third-order valence-electron chi connectivity index (χ3n) is 2.06. The van der Waals surface area contributed by atoms with E-state index in [0.29, 0.717) is 0 Å². The normalized spacial score (nSPS) is 16.2. The predicted octanol–water partition coefficient (Wildman–Crippen LogP) is 1.35. The number of rotatable bonds is 4. The summed E-state index contributed by atoms with van der Waals surface area (Å²) in [7, 11) is -8.52. The maximum Gasteiger partial charge on any atom is 0.343 e. The molecule has 0 aromatic heterocycles. The lowest BCUT2D eigenvalue weighted by molar-refractivity contribution is 0.477. The molecule has 0 bridgehead atoms. The molecule has 0 heterocycles. The Morgan fingerprint density at radius 3 is 2.00 bits per heavy atom. The zero-order valence-corrected chi connectivity index (χ0v) is 11.5. The molecular formula is C9H11ClO5S2. The average molecular weight is 299 g/mol. The Kier molecular flexibility index (Phi) is 3.75. The SMILES string of the molecule is CC(Cl)(S(C)(=O)=O)S(=O)(=O)Oc1ccccc1. The van der Waals surface area contributed by atoms with Gasteiger partial charge in [0.1, 0.15) is 5.75 Å². The minimum atomic E-state index is -4.49. The van der Waals surface area contributed by atoms with Crippen molar-refractivity contribution in [1.29, 1.82) is 0 Å². The first-order chi connectivity index (χ1) is 7.58. The highest BCUT2D eigenvalue weighted by Crippen LogP contribution is 2.30. The van der Waals surface area contributed by atoms with Gasteiger partial charge in [-0.3, -0.25) is 0 Å². The molecule has 0 fully saturated rings. The summed E-state index contributed by atoms with van der Waals surface area (Å²) in [5.41, 5.74) is 0. The van der Waals surface area contributed by atoms with Crippen LogP contribution in [-0.4, -0.2) is 26.6 Å². The zero-order valence-electron chi connectivity index (χ0n) is 9.12. The van der Waals surface area contributed by atoms with E-state index < -0.39 is 23.5 Å². The highest BCUT2D eigenvalue weighted by Gasteiger charge is 2.49. The van der Waals surface area contributed by atoms with E-state index in [1.807, 2.05) is 0 Å². The zero-order chi connectivity index (χ0) is 13.3. The lowest BCUT2D eigenvalue weighted by Crippen LogP contribution is -2.40. The van der Waals surface area contributed by atoms with E-state index in [-0.39, 0.29) is 5.75 Å². The van der Waals surface area contributed by atoms with Crippen LogP contribution in [0, 0.1) is 0 Å². The van der Waals surface area contributed by atoms with Gasteiger partial charge >= 0.3 is 10.1 Å². The van der Waals surface area contributed by atoms with Crippen LogP contribution >= 0.6 is 11.6 Å². The summed E-state index contributed by atoms with van der Waals surface area (Å²) >= 11 is 5.55. The lowest BCUT2D eigenvalue weighted by Gasteiger charge is -2.19. The predicted molar refractivity (Wildman–Crippen MR) is 65.1 cm³/mol. The van der Waals surface area contributed by atoms with Gasteiger partial charge in [0.25, 0.3) is 3.54 Å². The van der Waals surface area contributed by atoms with Crippen LogP contribution < -0.4 is 4.18 Å². The molecule has 0 saturated heterocycles. The summed E-state index contributed by atoms with van der Waals surface area (Å²) in [5, 5.41) is 0. The van der Waals surface area contributed by atoms with Crippen LogP contribution in [0.3, 0.4) is 0 Å². The van der Waals surface area contributed by atoms with Gasteiger partial charge in [-0.05, 0) is 19.1 Å². The molecule has 8 heteroatoms. The molecule has 1 atom stereocenters. The topological polar surface area (TPSA) is 77.5 Å². The Morgan fingerprint density at radius 1 is 1.12 bits per heavy atom. The van der Waals surface area contributed by atoms with E-state index in [4.69, 9.17) is 11.6 Å². The minimum absolute atomic E-state index is 0.00280. The van der Waals surface area contributed by atoms with Gasteiger partial charge in [0.05, 0.1) is 0 Å². The van der Waals surface area contributed by atoms with Crippen molar-refractivity contribution < 1.29 is 21.0 Å². The van der Waals surface area contributed by atoms with Crippen LogP contribution in [0.15, 0.2) is 30.3 Å². The summed E-state index contributed by atoms with van der Waals surface area (Å²) in [4.78, 5) is 0. The molecule has 0 aliphatic heterocycles. The number of para-hydroxylation sites is 1. The number of benzene rings is 1. The molecule has 5 nitrogen and oxygen atoms in total. The Morgan fingerprint density at radius 2 is 1.59 bits per heavy atom. The van der Waals surface area contributed by atoms with Crippen molar-refractivity contribution in [2.45, 2.75) is 10.5 Å². The first-order valence-electron chi connectivity index (χ1n) is 4.45. The third-order valence-corrected chi connectivity index (χ3v) is 7.62. The average Bonchev–Trinajstić information content (AvgIpc) is 2.16. The van der Waals surface area contributed by atoms with E-state index >= 15 is 0 Å². The number of alkyl halides is 1. The highest BCUT2D eigenvalue weighted by molar-refractivity contribution is 8.10. The van der Waals surface area contributed by atoms with Crippen molar-refractivity contribution in [1.82, 2.24) is 0 Å². The second kappa shape index (κ2) is 4.47. The van der Waals surface area contributed by atoms with Crippen molar-refractivity contribution in [3.05, 3.63) is 30.3 Å². The van der Waals surface area contributed by atoms with Gasteiger partial charge in [-0.25, -0.2) is 8.42 Å². The number of hydrogen-bond donors (Lipinski definition) is 0. The summed E-state index contributed by atoms with van der Waals surface area (Å²) in [5.74, 6) is 0.00280. The number of halogens is 1. The van der Waals surface area contributed by atoms with Gasteiger partial charge < -0.3 is 4.18 Å². The van der Waals surface area contributed by atoms with E-state index in [2.05, 4.69) is 4.18 Å². The molecule has 0 radical (unpaired) electrons. The fourth-order valence-corrected chi connectivity index (χ4v) is 3.06. The molecule has 1 aromatic carbocycles. The van der Waals surface area contributed by atoms with E-state index in [1.54, 1.807) is 18.2 Å². The van der Waals surface area contributed by atoms with Crippen LogP contribution in [0.2, 0.25) is 0 Å². The summed E-state index contributed by atoms with van der Waals surface area (Å²) in [6.45, 7) is 0.863. The molecule has 0 spiro atoms.